The van der Waals surface area contributed by atoms with Crippen molar-refractivity contribution < 1.29 is 14.0 Å². The second-order valence-corrected chi connectivity index (χ2v) is 7.51. The molecule has 29 heavy (non-hydrogen) atoms. The van der Waals surface area contributed by atoms with Gasteiger partial charge in [-0.1, -0.05) is 17.7 Å². The second-order valence-electron chi connectivity index (χ2n) is 7.08. The zero-order valence-electron chi connectivity index (χ0n) is 16.0. The lowest BCUT2D eigenvalue weighted by Gasteiger charge is -2.31. The maximum Gasteiger partial charge on any atom is 0.287 e. The van der Waals surface area contributed by atoms with Crippen molar-refractivity contribution in [1.29, 1.82) is 0 Å². The number of aryl methyl sites for hydroxylation is 1. The Bertz CT molecular complexity index is 1030. The summed E-state index contributed by atoms with van der Waals surface area (Å²) in [6.45, 7) is 2.92. The van der Waals surface area contributed by atoms with Crippen molar-refractivity contribution in [2.24, 2.45) is 0 Å². The van der Waals surface area contributed by atoms with Gasteiger partial charge in [-0.05, 0) is 56.2 Å². The molecule has 2 amide bonds. The molecule has 2 aromatic heterocycles. The Morgan fingerprint density at radius 3 is 2.66 bits per heavy atom. The minimum atomic E-state index is -0.219. The maximum absolute atomic E-state index is 12.8. The number of rotatable bonds is 4. The molecule has 0 atom stereocenters. The van der Waals surface area contributed by atoms with Gasteiger partial charge in [0.1, 0.15) is 5.76 Å². The molecule has 1 aromatic carbocycles. The fourth-order valence-electron chi connectivity index (χ4n) is 3.40. The molecule has 3 heterocycles. The largest absolute Gasteiger partial charge is 0.456 e. The SMILES string of the molecule is Cc1ccc(C(=O)NC2CCN(C(=O)c3ccn(-c4cccc(Cl)c4)n3)CC2)o1. The molecule has 0 spiro atoms. The summed E-state index contributed by atoms with van der Waals surface area (Å²) in [5.41, 5.74) is 1.18. The highest BCUT2D eigenvalue weighted by Gasteiger charge is 2.26. The van der Waals surface area contributed by atoms with Gasteiger partial charge in [0.05, 0.1) is 5.69 Å². The summed E-state index contributed by atoms with van der Waals surface area (Å²) < 4.78 is 6.99. The van der Waals surface area contributed by atoms with Crippen LogP contribution in [0, 0.1) is 6.92 Å². The number of hydrogen-bond donors (Lipinski definition) is 1. The normalized spacial score (nSPS) is 14.8. The first kappa shape index (κ1) is 19.3. The van der Waals surface area contributed by atoms with Crippen molar-refractivity contribution >= 4 is 23.4 Å². The minimum absolute atomic E-state index is 0.0148. The van der Waals surface area contributed by atoms with Crippen molar-refractivity contribution in [3.8, 4) is 5.69 Å². The molecule has 1 aliphatic heterocycles. The van der Waals surface area contributed by atoms with Crippen LogP contribution in [0.4, 0.5) is 0 Å². The van der Waals surface area contributed by atoms with Gasteiger partial charge < -0.3 is 14.6 Å². The molecule has 8 heteroatoms. The van der Waals surface area contributed by atoms with Crippen LogP contribution < -0.4 is 5.32 Å². The predicted molar refractivity (Wildman–Crippen MR) is 108 cm³/mol. The Morgan fingerprint density at radius 1 is 1.17 bits per heavy atom. The van der Waals surface area contributed by atoms with Crippen molar-refractivity contribution in [2.75, 3.05) is 13.1 Å². The Balaban J connectivity index is 1.34. The standard InChI is InChI=1S/C21H21ClN4O3/c1-14-5-6-19(29-14)20(27)23-16-7-10-25(11-8-16)21(28)18-9-12-26(24-18)17-4-2-3-15(22)13-17/h2-6,9,12-13,16H,7-8,10-11H2,1H3,(H,23,27). The summed E-state index contributed by atoms with van der Waals surface area (Å²) in [7, 11) is 0. The van der Waals surface area contributed by atoms with Gasteiger partial charge in [-0.2, -0.15) is 5.10 Å². The van der Waals surface area contributed by atoms with Gasteiger partial charge in [-0.25, -0.2) is 4.68 Å². The Hall–Kier alpha value is -3.06. The van der Waals surface area contributed by atoms with Gasteiger partial charge in [0.25, 0.3) is 11.8 Å². The highest BCUT2D eigenvalue weighted by Crippen LogP contribution is 2.17. The van der Waals surface area contributed by atoms with E-state index in [1.54, 1.807) is 53.0 Å². The number of benzene rings is 1. The maximum atomic E-state index is 12.8. The van der Waals surface area contributed by atoms with Gasteiger partial charge in [0.15, 0.2) is 11.5 Å². The summed E-state index contributed by atoms with van der Waals surface area (Å²) in [5, 5.41) is 7.98. The van der Waals surface area contributed by atoms with Gasteiger partial charge in [0.2, 0.25) is 0 Å². The average Bonchev–Trinajstić information content (AvgIpc) is 3.37. The monoisotopic (exact) mass is 412 g/mol. The van der Waals surface area contributed by atoms with Crippen molar-refractivity contribution in [3.05, 3.63) is 70.9 Å². The highest BCUT2D eigenvalue weighted by molar-refractivity contribution is 6.30. The fraction of sp³-hybridized carbons (Fsp3) is 0.286. The van der Waals surface area contributed by atoms with E-state index in [0.717, 1.165) is 5.69 Å². The minimum Gasteiger partial charge on any atom is -0.456 e. The first-order valence-corrected chi connectivity index (χ1v) is 9.85. The van der Waals surface area contributed by atoms with E-state index in [0.29, 0.717) is 48.2 Å². The smallest absolute Gasteiger partial charge is 0.287 e. The van der Waals surface area contributed by atoms with Gasteiger partial charge in [0, 0.05) is 30.4 Å². The quantitative estimate of drug-likeness (QED) is 0.711. The lowest BCUT2D eigenvalue weighted by Crippen LogP contribution is -2.46. The summed E-state index contributed by atoms with van der Waals surface area (Å²) >= 11 is 6.02. The van der Waals surface area contributed by atoms with Gasteiger partial charge in [-0.3, -0.25) is 9.59 Å². The number of likely N-dealkylation sites (tertiary alicyclic amines) is 1. The number of furan rings is 1. The first-order chi connectivity index (χ1) is 14.0. The number of nitrogens with one attached hydrogen (secondary N) is 1. The van der Waals surface area contributed by atoms with E-state index in [1.807, 2.05) is 12.1 Å². The van der Waals surface area contributed by atoms with Gasteiger partial charge >= 0.3 is 0 Å². The van der Waals surface area contributed by atoms with E-state index in [2.05, 4.69) is 10.4 Å². The molecule has 0 aliphatic carbocycles. The number of nitrogens with zero attached hydrogens (tertiary/aromatic N) is 3. The van der Waals surface area contributed by atoms with Crippen LogP contribution in [0.5, 0.6) is 0 Å². The number of carbonyl (C=O) groups is 2. The molecule has 4 rings (SSSR count). The average molecular weight is 413 g/mol. The zero-order valence-corrected chi connectivity index (χ0v) is 16.7. The number of amides is 2. The summed E-state index contributed by atoms with van der Waals surface area (Å²) in [5.74, 6) is 0.681. The molecule has 0 radical (unpaired) electrons. The van der Waals surface area contributed by atoms with Crippen LogP contribution in [0.15, 0.2) is 53.1 Å². The van der Waals surface area contributed by atoms with Crippen LogP contribution in [0.3, 0.4) is 0 Å². The number of piperidine rings is 1. The van der Waals surface area contributed by atoms with Crippen LogP contribution >= 0.6 is 11.6 Å². The van der Waals surface area contributed by atoms with Crippen LogP contribution in [-0.2, 0) is 0 Å². The lowest BCUT2D eigenvalue weighted by atomic mass is 10.0. The Labute approximate surface area is 173 Å². The third kappa shape index (κ3) is 4.35. The van der Waals surface area contributed by atoms with Crippen LogP contribution in [0.25, 0.3) is 5.69 Å². The Morgan fingerprint density at radius 2 is 1.97 bits per heavy atom. The molecule has 3 aromatic rings. The van der Waals surface area contributed by atoms with E-state index in [4.69, 9.17) is 16.0 Å². The van der Waals surface area contributed by atoms with E-state index in [-0.39, 0.29) is 17.9 Å². The number of halogens is 1. The fourth-order valence-corrected chi connectivity index (χ4v) is 3.59. The summed E-state index contributed by atoms with van der Waals surface area (Å²) in [6, 6.07) is 12.4. The summed E-state index contributed by atoms with van der Waals surface area (Å²) in [6.07, 6.45) is 3.12. The van der Waals surface area contributed by atoms with Crippen LogP contribution in [-0.4, -0.2) is 45.6 Å². The topological polar surface area (TPSA) is 80.4 Å². The third-order valence-corrected chi connectivity index (χ3v) is 5.20. The highest BCUT2D eigenvalue weighted by atomic mass is 35.5. The third-order valence-electron chi connectivity index (χ3n) is 4.96. The molecular formula is C21H21ClN4O3. The second kappa shape index (κ2) is 8.13. The number of aromatic nitrogens is 2. The number of carbonyl (C=O) groups excluding carboxylic acids is 2. The van der Waals surface area contributed by atoms with E-state index >= 15 is 0 Å². The molecule has 1 aliphatic rings. The van der Waals surface area contributed by atoms with Crippen molar-refractivity contribution in [2.45, 2.75) is 25.8 Å². The lowest BCUT2D eigenvalue weighted by molar-refractivity contribution is 0.0689. The molecular weight excluding hydrogens is 392 g/mol. The molecule has 0 bridgehead atoms. The van der Waals surface area contributed by atoms with Crippen molar-refractivity contribution in [1.82, 2.24) is 20.0 Å². The first-order valence-electron chi connectivity index (χ1n) is 9.48. The van der Waals surface area contributed by atoms with Crippen LogP contribution in [0.1, 0.15) is 39.6 Å². The molecule has 150 valence electrons. The molecule has 0 unspecified atom stereocenters. The molecule has 1 N–H and O–H groups in total. The van der Waals surface area contributed by atoms with Crippen molar-refractivity contribution in [3.63, 3.8) is 0 Å². The van der Waals surface area contributed by atoms with E-state index in [1.165, 1.54) is 0 Å². The molecule has 1 fully saturated rings. The molecule has 1 saturated heterocycles. The molecule has 0 saturated carbocycles. The van der Waals surface area contributed by atoms with E-state index in [9.17, 15) is 9.59 Å². The number of hydrogen-bond acceptors (Lipinski definition) is 4. The molecule has 7 nitrogen and oxygen atoms in total. The predicted octanol–water partition coefficient (Wildman–Crippen LogP) is 3.46. The zero-order chi connectivity index (χ0) is 20.4. The van der Waals surface area contributed by atoms with Crippen LogP contribution in [0.2, 0.25) is 5.02 Å². The Kier molecular flexibility index (Phi) is 5.40. The van der Waals surface area contributed by atoms with Gasteiger partial charge in [-0.15, -0.1) is 0 Å². The summed E-state index contributed by atoms with van der Waals surface area (Å²) in [4.78, 5) is 26.8. The van der Waals surface area contributed by atoms with E-state index < -0.39 is 0 Å².